The van der Waals surface area contributed by atoms with Crippen molar-refractivity contribution in [1.29, 1.82) is 0 Å². The van der Waals surface area contributed by atoms with E-state index in [4.69, 9.17) is 4.74 Å². The molecule has 2 atom stereocenters. The summed E-state index contributed by atoms with van der Waals surface area (Å²) < 4.78 is 34.2. The first-order valence-electron chi connectivity index (χ1n) is 10.3. The summed E-state index contributed by atoms with van der Waals surface area (Å²) in [5.74, 6) is 0. The Kier molecular flexibility index (Phi) is 5.81. The lowest BCUT2D eigenvalue weighted by molar-refractivity contribution is -0.0996. The van der Waals surface area contributed by atoms with Gasteiger partial charge in [-0.05, 0) is 30.7 Å². The molecule has 30 heavy (non-hydrogen) atoms. The normalized spacial score (nSPS) is 24.8. The number of nitrogens with zero attached hydrogens (tertiary/aromatic N) is 2. The van der Waals surface area contributed by atoms with Crippen molar-refractivity contribution in [2.45, 2.75) is 42.8 Å². The fraction of sp³-hybridized carbons (Fsp3) is 0.409. The molecule has 1 spiro atoms. The highest BCUT2D eigenvalue weighted by Crippen LogP contribution is 2.41. The molecule has 2 aliphatic heterocycles. The number of hydrogen-bond donors (Lipinski definition) is 1. The van der Waals surface area contributed by atoms with Crippen LogP contribution in [0.4, 0.5) is 10.5 Å². The van der Waals surface area contributed by atoms with E-state index in [2.05, 4.69) is 5.32 Å². The van der Waals surface area contributed by atoms with Gasteiger partial charge in [-0.25, -0.2) is 13.2 Å². The highest BCUT2D eigenvalue weighted by atomic mass is 32.2. The predicted molar refractivity (Wildman–Crippen MR) is 114 cm³/mol. The summed E-state index contributed by atoms with van der Waals surface area (Å²) in [6.45, 7) is 3.12. The molecule has 0 radical (unpaired) electrons. The van der Waals surface area contributed by atoms with Gasteiger partial charge in [0.2, 0.25) is 10.0 Å². The van der Waals surface area contributed by atoms with Crippen LogP contribution in [0.15, 0.2) is 65.6 Å². The van der Waals surface area contributed by atoms with Crippen LogP contribution in [0.25, 0.3) is 0 Å². The predicted octanol–water partition coefficient (Wildman–Crippen LogP) is 3.51. The van der Waals surface area contributed by atoms with Crippen LogP contribution in [0.1, 0.15) is 26.2 Å². The minimum absolute atomic E-state index is 0.117. The molecule has 2 saturated heterocycles. The largest absolute Gasteiger partial charge is 0.358 e. The Balaban J connectivity index is 1.54. The van der Waals surface area contributed by atoms with E-state index in [1.54, 1.807) is 35.2 Å². The molecule has 0 bridgehead atoms. The molecule has 2 amide bonds. The van der Waals surface area contributed by atoms with Crippen molar-refractivity contribution in [1.82, 2.24) is 9.21 Å². The lowest BCUT2D eigenvalue weighted by Gasteiger charge is -2.47. The second-order valence-electron chi connectivity index (χ2n) is 7.69. The minimum atomic E-state index is -3.68. The highest BCUT2D eigenvalue weighted by molar-refractivity contribution is 7.89. The number of nitrogens with one attached hydrogen (secondary N) is 1. The van der Waals surface area contributed by atoms with Gasteiger partial charge in [0.05, 0.1) is 11.5 Å². The molecule has 7 nitrogen and oxygen atoms in total. The van der Waals surface area contributed by atoms with E-state index in [0.29, 0.717) is 39.0 Å². The van der Waals surface area contributed by atoms with Crippen LogP contribution < -0.4 is 5.32 Å². The van der Waals surface area contributed by atoms with Gasteiger partial charge in [0.15, 0.2) is 0 Å². The van der Waals surface area contributed by atoms with E-state index in [1.807, 2.05) is 37.3 Å². The Bertz CT molecular complexity index is 984. The lowest BCUT2D eigenvalue weighted by Crippen LogP contribution is -2.59. The molecule has 2 fully saturated rings. The quantitative estimate of drug-likeness (QED) is 0.807. The number of carbonyl (C=O) groups is 1. The maximum atomic E-state index is 13.3. The summed E-state index contributed by atoms with van der Waals surface area (Å²) in [6.07, 6.45) is 1.61. The lowest BCUT2D eigenvalue weighted by atomic mass is 9.92. The second-order valence-corrected chi connectivity index (χ2v) is 9.55. The highest BCUT2D eigenvalue weighted by Gasteiger charge is 2.53. The van der Waals surface area contributed by atoms with Gasteiger partial charge >= 0.3 is 6.03 Å². The Hall–Kier alpha value is -2.42. The number of likely N-dealkylation sites (tertiary alicyclic amines) is 1. The van der Waals surface area contributed by atoms with Crippen molar-refractivity contribution in [3.8, 4) is 0 Å². The number of urea groups is 1. The number of anilines is 1. The van der Waals surface area contributed by atoms with Gasteiger partial charge in [-0.2, -0.15) is 4.31 Å². The number of piperidine rings is 1. The van der Waals surface area contributed by atoms with Crippen LogP contribution in [0.5, 0.6) is 0 Å². The van der Waals surface area contributed by atoms with E-state index in [1.165, 1.54) is 4.31 Å². The fourth-order valence-corrected chi connectivity index (χ4v) is 6.14. The molecule has 2 unspecified atom stereocenters. The van der Waals surface area contributed by atoms with E-state index < -0.39 is 15.7 Å². The number of hydrogen-bond acceptors (Lipinski definition) is 4. The first-order valence-corrected chi connectivity index (χ1v) is 11.7. The molecule has 2 aromatic carbocycles. The first kappa shape index (κ1) is 20.8. The van der Waals surface area contributed by atoms with Crippen LogP contribution in [0.2, 0.25) is 0 Å². The third-order valence-corrected chi connectivity index (χ3v) is 7.91. The molecule has 8 heteroatoms. The van der Waals surface area contributed by atoms with Crippen LogP contribution in [-0.2, 0) is 14.8 Å². The van der Waals surface area contributed by atoms with Crippen LogP contribution in [0.3, 0.4) is 0 Å². The minimum Gasteiger partial charge on any atom is -0.358 e. The Morgan fingerprint density at radius 1 is 1.10 bits per heavy atom. The average Bonchev–Trinajstić information content (AvgIpc) is 3.18. The molecule has 2 heterocycles. The third-order valence-electron chi connectivity index (χ3n) is 5.95. The number of rotatable bonds is 4. The van der Waals surface area contributed by atoms with Gasteiger partial charge in [-0.3, -0.25) is 0 Å². The Morgan fingerprint density at radius 2 is 1.77 bits per heavy atom. The van der Waals surface area contributed by atoms with Crippen LogP contribution in [-0.4, -0.2) is 55.1 Å². The average molecular weight is 430 g/mol. The van der Waals surface area contributed by atoms with Gasteiger partial charge in [0.1, 0.15) is 5.72 Å². The van der Waals surface area contributed by atoms with E-state index in [0.717, 1.165) is 5.69 Å². The zero-order valence-electron chi connectivity index (χ0n) is 17.0. The first-order chi connectivity index (χ1) is 14.5. The zero-order chi connectivity index (χ0) is 21.2. The van der Waals surface area contributed by atoms with Gasteiger partial charge in [-0.15, -0.1) is 0 Å². The summed E-state index contributed by atoms with van der Waals surface area (Å²) in [4.78, 5) is 15.0. The molecule has 4 rings (SSSR count). The number of ether oxygens (including phenoxy) is 1. The molecular formula is C22H27N3O4S. The topological polar surface area (TPSA) is 79.0 Å². The van der Waals surface area contributed by atoms with E-state index in [9.17, 15) is 13.2 Å². The summed E-state index contributed by atoms with van der Waals surface area (Å²) in [5, 5.41) is 2.94. The molecular weight excluding hydrogens is 402 g/mol. The fourth-order valence-electron chi connectivity index (χ4n) is 4.42. The van der Waals surface area contributed by atoms with Crippen LogP contribution in [0, 0.1) is 0 Å². The molecule has 0 aromatic heterocycles. The Morgan fingerprint density at radius 3 is 2.43 bits per heavy atom. The number of sulfonamides is 1. The Labute approximate surface area is 177 Å². The number of para-hydroxylation sites is 1. The zero-order valence-corrected chi connectivity index (χ0v) is 17.8. The van der Waals surface area contributed by atoms with E-state index in [-0.39, 0.29) is 17.0 Å². The number of carbonyl (C=O) groups excluding carboxylic acids is 1. The summed E-state index contributed by atoms with van der Waals surface area (Å²) >= 11 is 0. The molecule has 0 saturated carbocycles. The van der Waals surface area contributed by atoms with Crippen molar-refractivity contribution in [3.63, 3.8) is 0 Å². The number of amides is 2. The standard InChI is InChI=1S/C22H27N3O4S/c1-2-19-17-22(13-14-24(19)21(26)23-18-9-5-3-6-10-18)25(15-16-29-22)30(27,28)20-11-7-4-8-12-20/h3-12,19H,2,13-17H2,1H3,(H,23,26). The molecule has 2 aliphatic rings. The maximum absolute atomic E-state index is 13.3. The molecule has 1 N–H and O–H groups in total. The van der Waals surface area contributed by atoms with Gasteiger partial charge in [-0.1, -0.05) is 43.3 Å². The van der Waals surface area contributed by atoms with Crippen molar-refractivity contribution >= 4 is 21.7 Å². The van der Waals surface area contributed by atoms with Gasteiger partial charge < -0.3 is 15.0 Å². The summed E-state index contributed by atoms with van der Waals surface area (Å²) in [6, 6.07) is 17.5. The van der Waals surface area contributed by atoms with Crippen molar-refractivity contribution < 1.29 is 17.9 Å². The number of benzene rings is 2. The van der Waals surface area contributed by atoms with Crippen molar-refractivity contribution in [2.75, 3.05) is 25.0 Å². The maximum Gasteiger partial charge on any atom is 0.322 e. The molecule has 0 aliphatic carbocycles. The smallest absolute Gasteiger partial charge is 0.322 e. The van der Waals surface area contributed by atoms with E-state index >= 15 is 0 Å². The monoisotopic (exact) mass is 429 g/mol. The third kappa shape index (κ3) is 3.82. The van der Waals surface area contributed by atoms with Crippen molar-refractivity contribution in [3.05, 3.63) is 60.7 Å². The van der Waals surface area contributed by atoms with Crippen LogP contribution >= 0.6 is 0 Å². The van der Waals surface area contributed by atoms with Gasteiger partial charge in [0, 0.05) is 37.7 Å². The summed E-state index contributed by atoms with van der Waals surface area (Å²) in [5.41, 5.74) is -0.165. The SMILES string of the molecule is CCC1CC2(CCN1C(=O)Nc1ccccc1)OCCN2S(=O)(=O)c1ccccc1. The molecule has 2 aromatic rings. The summed E-state index contributed by atoms with van der Waals surface area (Å²) in [7, 11) is -3.68. The molecule has 160 valence electrons. The van der Waals surface area contributed by atoms with Gasteiger partial charge in [0.25, 0.3) is 0 Å². The second kappa shape index (κ2) is 8.37. The van der Waals surface area contributed by atoms with Crippen molar-refractivity contribution in [2.24, 2.45) is 0 Å².